The summed E-state index contributed by atoms with van der Waals surface area (Å²) in [5.41, 5.74) is 0. The molecule has 0 amide bonds. The first-order chi connectivity index (χ1) is 7.46. The van der Waals surface area contributed by atoms with E-state index in [-0.39, 0.29) is 23.2 Å². The second-order valence-electron chi connectivity index (χ2n) is 3.97. The minimum atomic E-state index is -2.95. The van der Waals surface area contributed by atoms with Gasteiger partial charge in [0.05, 0.1) is 11.5 Å². The molecule has 0 spiro atoms. The van der Waals surface area contributed by atoms with E-state index >= 15 is 0 Å². The van der Waals surface area contributed by atoms with E-state index in [9.17, 15) is 13.2 Å². The van der Waals surface area contributed by atoms with Crippen LogP contribution in [-0.2, 0) is 21.1 Å². The van der Waals surface area contributed by atoms with Crippen molar-refractivity contribution in [3.8, 4) is 0 Å². The molecule has 6 heteroatoms. The number of halogens is 1. The average molecular weight is 323 g/mol. The van der Waals surface area contributed by atoms with Crippen LogP contribution in [0.5, 0.6) is 0 Å². The topological polar surface area (TPSA) is 51.2 Å². The third-order valence-electron chi connectivity index (χ3n) is 2.66. The van der Waals surface area contributed by atoms with Crippen LogP contribution >= 0.6 is 27.3 Å². The molecular weight excluding hydrogens is 312 g/mol. The Morgan fingerprint density at radius 1 is 1.56 bits per heavy atom. The van der Waals surface area contributed by atoms with Crippen molar-refractivity contribution in [3.05, 3.63) is 20.8 Å². The number of carbonyl (C=O) groups is 1. The molecule has 2 heterocycles. The summed E-state index contributed by atoms with van der Waals surface area (Å²) in [6, 6.07) is 1.91. The fourth-order valence-corrected chi connectivity index (χ4v) is 5.05. The van der Waals surface area contributed by atoms with E-state index in [4.69, 9.17) is 0 Å². The molecule has 0 saturated carbocycles. The minimum Gasteiger partial charge on any atom is -0.299 e. The van der Waals surface area contributed by atoms with E-state index < -0.39 is 9.84 Å². The molecule has 88 valence electrons. The summed E-state index contributed by atoms with van der Waals surface area (Å²) in [4.78, 5) is 12.8. The van der Waals surface area contributed by atoms with Crippen LogP contribution in [-0.4, -0.2) is 25.7 Å². The summed E-state index contributed by atoms with van der Waals surface area (Å²) in [5, 5.41) is 1.92. The zero-order valence-corrected chi connectivity index (χ0v) is 11.7. The molecule has 0 radical (unpaired) electrons. The largest absolute Gasteiger partial charge is 0.299 e. The van der Waals surface area contributed by atoms with Crippen molar-refractivity contribution in [3.63, 3.8) is 0 Å². The fraction of sp³-hybridized carbons (Fsp3) is 0.500. The molecular formula is C10H11BrO3S2. The minimum absolute atomic E-state index is 0.0401. The highest BCUT2D eigenvalue weighted by Gasteiger charge is 2.32. The number of hydrogen-bond donors (Lipinski definition) is 0. The highest BCUT2D eigenvalue weighted by molar-refractivity contribution is 9.10. The van der Waals surface area contributed by atoms with Crippen molar-refractivity contribution in [2.24, 2.45) is 5.92 Å². The predicted molar refractivity (Wildman–Crippen MR) is 67.5 cm³/mol. The van der Waals surface area contributed by atoms with Crippen LogP contribution in [0.1, 0.15) is 11.3 Å². The molecule has 1 atom stereocenters. The molecule has 1 saturated heterocycles. The van der Waals surface area contributed by atoms with E-state index in [2.05, 4.69) is 15.9 Å². The van der Waals surface area contributed by atoms with E-state index in [0.717, 1.165) is 9.35 Å². The summed E-state index contributed by atoms with van der Waals surface area (Å²) >= 11 is 4.85. The molecule has 3 nitrogen and oxygen atoms in total. The van der Waals surface area contributed by atoms with Gasteiger partial charge in [0.25, 0.3) is 0 Å². The Labute approximate surface area is 107 Å². The molecule has 16 heavy (non-hydrogen) atoms. The van der Waals surface area contributed by atoms with Crippen molar-refractivity contribution >= 4 is 42.9 Å². The summed E-state index contributed by atoms with van der Waals surface area (Å²) in [6.07, 6.45) is 0.851. The Morgan fingerprint density at radius 3 is 2.81 bits per heavy atom. The number of carbonyl (C=O) groups excluding carboxylic acids is 1. The lowest BCUT2D eigenvalue weighted by molar-refractivity contribution is -0.121. The van der Waals surface area contributed by atoms with Crippen LogP contribution in [0.3, 0.4) is 0 Å². The maximum atomic E-state index is 11.8. The second-order valence-corrected chi connectivity index (χ2v) is 8.11. The van der Waals surface area contributed by atoms with Gasteiger partial charge in [-0.2, -0.15) is 0 Å². The van der Waals surface area contributed by atoms with Crippen LogP contribution in [0, 0.1) is 5.92 Å². The number of thiophene rings is 1. The normalized spacial score (nSPS) is 23.4. The first-order valence-corrected chi connectivity index (χ1v) is 8.42. The van der Waals surface area contributed by atoms with E-state index in [1.807, 2.05) is 11.4 Å². The average Bonchev–Trinajstić information content (AvgIpc) is 2.72. The van der Waals surface area contributed by atoms with Gasteiger partial charge >= 0.3 is 0 Å². The summed E-state index contributed by atoms with van der Waals surface area (Å²) < 4.78 is 23.5. The SMILES string of the molecule is O=C(Cc1cc(Br)cs1)C1CCS(=O)(=O)C1. The van der Waals surface area contributed by atoms with Gasteiger partial charge in [-0.15, -0.1) is 11.3 Å². The summed E-state index contributed by atoms with van der Waals surface area (Å²) in [5.74, 6) is -0.0306. The van der Waals surface area contributed by atoms with Crippen molar-refractivity contribution in [1.29, 1.82) is 0 Å². The quantitative estimate of drug-likeness (QED) is 0.855. The predicted octanol–water partition coefficient (Wildman–Crippen LogP) is 2.06. The smallest absolute Gasteiger partial charge is 0.151 e. The van der Waals surface area contributed by atoms with Crippen LogP contribution in [0.2, 0.25) is 0 Å². The lowest BCUT2D eigenvalue weighted by Gasteiger charge is -2.04. The Morgan fingerprint density at radius 2 is 2.31 bits per heavy atom. The first kappa shape index (κ1) is 12.3. The molecule has 1 fully saturated rings. The molecule has 1 aliphatic heterocycles. The number of hydrogen-bond acceptors (Lipinski definition) is 4. The third kappa shape index (κ3) is 2.93. The van der Waals surface area contributed by atoms with E-state index in [1.54, 1.807) is 0 Å². The van der Waals surface area contributed by atoms with Crippen molar-refractivity contribution in [2.75, 3.05) is 11.5 Å². The van der Waals surface area contributed by atoms with Gasteiger partial charge in [-0.1, -0.05) is 0 Å². The Bertz CT molecular complexity index is 504. The van der Waals surface area contributed by atoms with Crippen LogP contribution in [0.15, 0.2) is 15.9 Å². The monoisotopic (exact) mass is 322 g/mol. The molecule has 1 aliphatic rings. The van der Waals surface area contributed by atoms with Gasteiger partial charge in [-0.05, 0) is 28.4 Å². The van der Waals surface area contributed by atoms with Gasteiger partial charge in [0.15, 0.2) is 9.84 Å². The number of Topliss-reactive ketones (excluding diaryl/α,β-unsaturated/α-hetero) is 1. The molecule has 0 bridgehead atoms. The zero-order chi connectivity index (χ0) is 11.8. The Kier molecular flexibility index (Phi) is 3.51. The van der Waals surface area contributed by atoms with Crippen molar-refractivity contribution < 1.29 is 13.2 Å². The second kappa shape index (κ2) is 4.58. The van der Waals surface area contributed by atoms with Gasteiger partial charge in [0.1, 0.15) is 5.78 Å². The van der Waals surface area contributed by atoms with Gasteiger partial charge < -0.3 is 0 Å². The summed E-state index contributed by atoms with van der Waals surface area (Å²) in [6.45, 7) is 0. The highest BCUT2D eigenvalue weighted by Crippen LogP contribution is 2.24. The molecule has 0 N–H and O–H groups in total. The van der Waals surface area contributed by atoms with Gasteiger partial charge in [-0.25, -0.2) is 8.42 Å². The van der Waals surface area contributed by atoms with Crippen molar-refractivity contribution in [1.82, 2.24) is 0 Å². The Hall–Kier alpha value is -0.200. The molecule has 0 aromatic carbocycles. The van der Waals surface area contributed by atoms with Gasteiger partial charge in [0, 0.05) is 27.1 Å². The maximum Gasteiger partial charge on any atom is 0.151 e. The van der Waals surface area contributed by atoms with Crippen LogP contribution < -0.4 is 0 Å². The van der Waals surface area contributed by atoms with E-state index in [0.29, 0.717) is 12.8 Å². The fourth-order valence-electron chi connectivity index (χ4n) is 1.81. The van der Waals surface area contributed by atoms with Crippen LogP contribution in [0.25, 0.3) is 0 Å². The lowest BCUT2D eigenvalue weighted by atomic mass is 10.0. The van der Waals surface area contributed by atoms with Crippen molar-refractivity contribution in [2.45, 2.75) is 12.8 Å². The van der Waals surface area contributed by atoms with E-state index in [1.165, 1.54) is 11.3 Å². The lowest BCUT2D eigenvalue weighted by Crippen LogP contribution is -2.17. The molecule has 1 unspecified atom stereocenters. The maximum absolute atomic E-state index is 11.8. The number of ketones is 1. The van der Waals surface area contributed by atoms with Gasteiger partial charge in [-0.3, -0.25) is 4.79 Å². The number of rotatable bonds is 3. The first-order valence-electron chi connectivity index (χ1n) is 4.92. The molecule has 1 aromatic heterocycles. The molecule has 1 aromatic rings. The molecule has 0 aliphatic carbocycles. The Balaban J connectivity index is 1.99. The summed E-state index contributed by atoms with van der Waals surface area (Å²) in [7, 11) is -2.95. The molecule has 2 rings (SSSR count). The third-order valence-corrected chi connectivity index (χ3v) is 6.12. The van der Waals surface area contributed by atoms with Crippen LogP contribution in [0.4, 0.5) is 0 Å². The standard InChI is InChI=1S/C10H11BrO3S2/c11-8-3-9(15-5-8)4-10(12)7-1-2-16(13,14)6-7/h3,5,7H,1-2,4,6H2. The zero-order valence-electron chi connectivity index (χ0n) is 8.48. The highest BCUT2D eigenvalue weighted by atomic mass is 79.9. The van der Waals surface area contributed by atoms with Gasteiger partial charge in [0.2, 0.25) is 0 Å². The number of sulfone groups is 1.